The van der Waals surface area contributed by atoms with Crippen LogP contribution in [0.15, 0.2) is 84.9 Å². The molecule has 200 valence electrons. The first-order chi connectivity index (χ1) is 18.6. The van der Waals surface area contributed by atoms with Gasteiger partial charge in [0, 0.05) is 18.7 Å². The molecule has 0 aromatic heterocycles. The minimum Gasteiger partial charge on any atom is -0.481 e. The van der Waals surface area contributed by atoms with Gasteiger partial charge in [0.25, 0.3) is 5.91 Å². The first-order valence-electron chi connectivity index (χ1n) is 12.3. The Balaban J connectivity index is 1.58. The van der Waals surface area contributed by atoms with Crippen molar-refractivity contribution in [3.05, 3.63) is 107 Å². The summed E-state index contributed by atoms with van der Waals surface area (Å²) in [5.74, 6) is -3.47. The average molecular weight is 528 g/mol. The Morgan fingerprint density at radius 3 is 2.13 bits per heavy atom. The Morgan fingerprint density at radius 2 is 1.56 bits per heavy atom. The van der Waals surface area contributed by atoms with Gasteiger partial charge in [-0.2, -0.15) is 0 Å². The van der Waals surface area contributed by atoms with Crippen molar-refractivity contribution in [3.63, 3.8) is 0 Å². The summed E-state index contributed by atoms with van der Waals surface area (Å²) in [4.78, 5) is 54.3. The normalized spacial score (nSPS) is 17.7. The molecule has 1 aliphatic heterocycles. The summed E-state index contributed by atoms with van der Waals surface area (Å²) in [5.41, 5.74) is 6.43. The van der Waals surface area contributed by atoms with Gasteiger partial charge in [-0.15, -0.1) is 0 Å². The molecule has 1 aliphatic rings. The van der Waals surface area contributed by atoms with Gasteiger partial charge in [-0.25, -0.2) is 4.79 Å². The van der Waals surface area contributed by atoms with Gasteiger partial charge in [-0.3, -0.25) is 24.7 Å². The third-order valence-corrected chi connectivity index (χ3v) is 6.91. The number of nitrogen functional groups attached to an aromatic ring is 1. The van der Waals surface area contributed by atoms with Gasteiger partial charge in [0.2, 0.25) is 5.91 Å². The van der Waals surface area contributed by atoms with Crippen LogP contribution in [0, 0.1) is 5.41 Å². The summed E-state index contributed by atoms with van der Waals surface area (Å²) in [6, 6.07) is 23.5. The van der Waals surface area contributed by atoms with Crippen molar-refractivity contribution >= 4 is 29.7 Å². The van der Waals surface area contributed by atoms with Crippen LogP contribution in [-0.4, -0.2) is 57.6 Å². The molecule has 4 amide bonds. The highest BCUT2D eigenvalue weighted by Crippen LogP contribution is 2.38. The number of amidine groups is 1. The van der Waals surface area contributed by atoms with E-state index >= 15 is 0 Å². The highest BCUT2D eigenvalue weighted by Gasteiger charge is 2.55. The van der Waals surface area contributed by atoms with Crippen LogP contribution in [0.1, 0.15) is 35.1 Å². The molecule has 0 radical (unpaired) electrons. The molecule has 10 nitrogen and oxygen atoms in total. The van der Waals surface area contributed by atoms with Crippen molar-refractivity contribution in [3.8, 4) is 0 Å². The minimum atomic E-state index is -1.43. The SMILES string of the molecule is C[C@]1(c2ccc(C(=N)N)cc2)C(=O)N(CC(=O)NC[C@@H](C(=O)O)c2ccccc2)C(=O)N1Cc1ccccc1. The molecule has 1 saturated heterocycles. The molecule has 1 fully saturated rings. The van der Waals surface area contributed by atoms with Crippen molar-refractivity contribution in [1.82, 2.24) is 15.1 Å². The largest absolute Gasteiger partial charge is 0.481 e. The number of nitrogens with two attached hydrogens (primary N) is 1. The summed E-state index contributed by atoms with van der Waals surface area (Å²) in [6.07, 6.45) is 0. The number of benzene rings is 3. The lowest BCUT2D eigenvalue weighted by molar-refractivity contribution is -0.139. The second-order valence-corrected chi connectivity index (χ2v) is 9.41. The summed E-state index contributed by atoms with van der Waals surface area (Å²) in [7, 11) is 0. The van der Waals surface area contributed by atoms with E-state index in [9.17, 15) is 24.3 Å². The van der Waals surface area contributed by atoms with E-state index in [-0.39, 0.29) is 18.9 Å². The number of imide groups is 1. The van der Waals surface area contributed by atoms with E-state index in [2.05, 4.69) is 5.32 Å². The van der Waals surface area contributed by atoms with Crippen LogP contribution in [0.25, 0.3) is 0 Å². The molecule has 5 N–H and O–H groups in total. The highest BCUT2D eigenvalue weighted by molar-refractivity contribution is 6.09. The van der Waals surface area contributed by atoms with Crippen LogP contribution in [0.2, 0.25) is 0 Å². The molecule has 3 aromatic rings. The van der Waals surface area contributed by atoms with Crippen LogP contribution in [-0.2, 0) is 26.5 Å². The quantitative estimate of drug-likeness (QED) is 0.180. The summed E-state index contributed by atoms with van der Waals surface area (Å²) < 4.78 is 0. The van der Waals surface area contributed by atoms with Gasteiger partial charge in [0.15, 0.2) is 0 Å². The number of carbonyl (C=O) groups is 4. The molecule has 0 aliphatic carbocycles. The second kappa shape index (κ2) is 11.2. The van der Waals surface area contributed by atoms with E-state index in [1.807, 2.05) is 30.3 Å². The maximum atomic E-state index is 13.8. The molecule has 0 saturated carbocycles. The lowest BCUT2D eigenvalue weighted by Gasteiger charge is -2.32. The fraction of sp³-hybridized carbons (Fsp3) is 0.207. The van der Waals surface area contributed by atoms with Crippen molar-refractivity contribution in [1.29, 1.82) is 5.41 Å². The molecule has 2 atom stereocenters. The van der Waals surface area contributed by atoms with E-state index in [0.717, 1.165) is 10.5 Å². The third-order valence-electron chi connectivity index (χ3n) is 6.91. The molecular weight excluding hydrogens is 498 g/mol. The van der Waals surface area contributed by atoms with Crippen LogP contribution in [0.3, 0.4) is 0 Å². The van der Waals surface area contributed by atoms with Crippen molar-refractivity contribution in [2.24, 2.45) is 5.73 Å². The maximum absolute atomic E-state index is 13.8. The summed E-state index contributed by atoms with van der Waals surface area (Å²) >= 11 is 0. The van der Waals surface area contributed by atoms with Crippen molar-refractivity contribution in [2.45, 2.75) is 24.9 Å². The van der Waals surface area contributed by atoms with Crippen LogP contribution >= 0.6 is 0 Å². The Kier molecular flexibility index (Phi) is 7.75. The van der Waals surface area contributed by atoms with Crippen molar-refractivity contribution in [2.75, 3.05) is 13.1 Å². The zero-order valence-corrected chi connectivity index (χ0v) is 21.3. The maximum Gasteiger partial charge on any atom is 0.328 e. The molecule has 0 spiro atoms. The minimum absolute atomic E-state index is 0.115. The lowest BCUT2D eigenvalue weighted by atomic mass is 9.89. The molecular formula is C29H29N5O5. The first-order valence-corrected chi connectivity index (χ1v) is 12.3. The first kappa shape index (κ1) is 27.1. The van der Waals surface area contributed by atoms with Crippen molar-refractivity contribution < 1.29 is 24.3 Å². The molecule has 39 heavy (non-hydrogen) atoms. The number of hydrogen-bond donors (Lipinski definition) is 4. The predicted molar refractivity (Wildman–Crippen MR) is 144 cm³/mol. The van der Waals surface area contributed by atoms with E-state index in [0.29, 0.717) is 16.7 Å². The number of rotatable bonds is 10. The number of carboxylic acid groups (broad SMARTS) is 1. The lowest BCUT2D eigenvalue weighted by Crippen LogP contribution is -2.44. The molecule has 1 heterocycles. The molecule has 0 bridgehead atoms. The summed E-state index contributed by atoms with van der Waals surface area (Å²) in [6.45, 7) is 0.966. The average Bonchev–Trinajstić information content (AvgIpc) is 3.11. The molecule has 3 aromatic carbocycles. The van der Waals surface area contributed by atoms with E-state index in [1.54, 1.807) is 61.5 Å². The number of hydrogen-bond acceptors (Lipinski definition) is 5. The van der Waals surface area contributed by atoms with Gasteiger partial charge < -0.3 is 21.1 Å². The van der Waals surface area contributed by atoms with Gasteiger partial charge in [-0.05, 0) is 23.6 Å². The zero-order valence-electron chi connectivity index (χ0n) is 21.3. The van der Waals surface area contributed by atoms with Gasteiger partial charge in [-0.1, -0.05) is 84.9 Å². The Hall–Kier alpha value is -4.99. The van der Waals surface area contributed by atoms with E-state index < -0.39 is 41.8 Å². The third kappa shape index (κ3) is 5.49. The number of aliphatic carboxylic acids is 1. The number of nitrogens with zero attached hydrogens (tertiary/aromatic N) is 2. The smallest absolute Gasteiger partial charge is 0.328 e. The van der Waals surface area contributed by atoms with Gasteiger partial charge in [0.05, 0.1) is 5.92 Å². The number of urea groups is 1. The topological polar surface area (TPSA) is 157 Å². The number of carbonyl (C=O) groups excluding carboxylic acids is 3. The second-order valence-electron chi connectivity index (χ2n) is 9.41. The van der Waals surface area contributed by atoms with E-state index in [1.165, 1.54) is 4.90 Å². The van der Waals surface area contributed by atoms with Crippen LogP contribution in [0.5, 0.6) is 0 Å². The Labute approximate surface area is 225 Å². The highest BCUT2D eigenvalue weighted by atomic mass is 16.4. The Bertz CT molecular complexity index is 1390. The van der Waals surface area contributed by atoms with Gasteiger partial charge >= 0.3 is 12.0 Å². The van der Waals surface area contributed by atoms with Crippen LogP contribution < -0.4 is 11.1 Å². The molecule has 4 rings (SSSR count). The number of amides is 4. The number of nitrogens with one attached hydrogen (secondary N) is 2. The Morgan fingerprint density at radius 1 is 0.974 bits per heavy atom. The zero-order chi connectivity index (χ0) is 28.2. The predicted octanol–water partition coefficient (Wildman–Crippen LogP) is 2.63. The summed E-state index contributed by atoms with van der Waals surface area (Å²) in [5, 5.41) is 19.8. The number of carboxylic acids is 1. The van der Waals surface area contributed by atoms with Crippen LogP contribution in [0.4, 0.5) is 4.79 Å². The fourth-order valence-corrected chi connectivity index (χ4v) is 4.64. The molecule has 0 unspecified atom stereocenters. The standard InChI is InChI=1S/C29H29N5O5/c1-29(22-14-12-21(13-15-22)25(30)31)27(38)33(28(39)34(29)17-19-8-4-2-5-9-19)18-24(35)32-16-23(26(36)37)20-10-6-3-7-11-20/h2-15,23H,16-18H2,1H3,(H3,30,31)(H,32,35)(H,36,37)/t23-,29+/m1/s1. The van der Waals surface area contributed by atoms with Gasteiger partial charge in [0.1, 0.15) is 17.9 Å². The fourth-order valence-electron chi connectivity index (χ4n) is 4.64. The van der Waals surface area contributed by atoms with E-state index in [4.69, 9.17) is 11.1 Å². The molecule has 10 heteroatoms. The monoisotopic (exact) mass is 527 g/mol.